The Bertz CT molecular complexity index is 625. The van der Waals surface area contributed by atoms with E-state index in [0.29, 0.717) is 11.7 Å². The number of furan rings is 1. The van der Waals surface area contributed by atoms with E-state index in [-0.39, 0.29) is 5.76 Å². The molecule has 2 aromatic rings. The molecule has 1 unspecified atom stereocenters. The van der Waals surface area contributed by atoms with Crippen molar-refractivity contribution in [2.45, 2.75) is 24.9 Å². The van der Waals surface area contributed by atoms with Crippen LogP contribution in [0.5, 0.6) is 0 Å². The molecule has 1 aliphatic carbocycles. The summed E-state index contributed by atoms with van der Waals surface area (Å²) in [6.45, 7) is 0. The average molecular weight is 272 g/mol. The van der Waals surface area contributed by atoms with Crippen LogP contribution in [0.2, 0.25) is 0 Å². The number of benzene rings is 1. The molecule has 1 saturated carbocycles. The van der Waals surface area contributed by atoms with Crippen LogP contribution in [0, 0.1) is 0 Å². The number of carbonyl (C=O) groups is 1. The van der Waals surface area contributed by atoms with Gasteiger partial charge in [-0.05, 0) is 42.0 Å². The molecular formula is C16H16O4. The van der Waals surface area contributed by atoms with E-state index in [0.717, 1.165) is 5.56 Å². The topological polar surface area (TPSA) is 59.7 Å². The van der Waals surface area contributed by atoms with Crippen LogP contribution in [0.15, 0.2) is 40.8 Å². The van der Waals surface area contributed by atoms with Gasteiger partial charge in [0.05, 0.1) is 7.11 Å². The SMILES string of the molecule is COC(=O)c1ccc(C(O)c2cccc(C3CC3)c2)o1. The first kappa shape index (κ1) is 12.9. The second-order valence-electron chi connectivity index (χ2n) is 5.04. The van der Waals surface area contributed by atoms with Gasteiger partial charge in [-0.15, -0.1) is 0 Å². The van der Waals surface area contributed by atoms with E-state index in [1.54, 1.807) is 6.07 Å². The van der Waals surface area contributed by atoms with E-state index in [1.807, 2.05) is 18.2 Å². The number of ether oxygens (including phenoxy) is 1. The maximum Gasteiger partial charge on any atom is 0.373 e. The minimum absolute atomic E-state index is 0.0971. The summed E-state index contributed by atoms with van der Waals surface area (Å²) in [5.41, 5.74) is 2.03. The predicted octanol–water partition coefficient (Wildman–Crippen LogP) is 3.03. The highest BCUT2D eigenvalue weighted by Gasteiger charge is 2.25. The van der Waals surface area contributed by atoms with Gasteiger partial charge in [0.15, 0.2) is 0 Å². The van der Waals surface area contributed by atoms with Crippen molar-refractivity contribution in [3.05, 3.63) is 59.0 Å². The molecule has 0 bridgehead atoms. The van der Waals surface area contributed by atoms with E-state index in [2.05, 4.69) is 10.8 Å². The Kier molecular flexibility index (Phi) is 3.32. The second kappa shape index (κ2) is 5.13. The Labute approximate surface area is 117 Å². The zero-order chi connectivity index (χ0) is 14.1. The summed E-state index contributed by atoms with van der Waals surface area (Å²) in [5, 5.41) is 10.3. The quantitative estimate of drug-likeness (QED) is 0.869. The van der Waals surface area contributed by atoms with Gasteiger partial charge in [-0.2, -0.15) is 0 Å². The fraction of sp³-hybridized carbons (Fsp3) is 0.312. The highest BCUT2D eigenvalue weighted by Crippen LogP contribution is 2.40. The average Bonchev–Trinajstić information content (AvgIpc) is 3.23. The molecule has 0 aliphatic heterocycles. The summed E-state index contributed by atoms with van der Waals surface area (Å²) in [4.78, 5) is 11.3. The number of hydrogen-bond donors (Lipinski definition) is 1. The molecule has 4 heteroatoms. The lowest BCUT2D eigenvalue weighted by atomic mass is 10.0. The fourth-order valence-corrected chi connectivity index (χ4v) is 2.27. The van der Waals surface area contributed by atoms with E-state index < -0.39 is 12.1 Å². The molecule has 20 heavy (non-hydrogen) atoms. The van der Waals surface area contributed by atoms with Crippen molar-refractivity contribution in [1.82, 2.24) is 0 Å². The zero-order valence-corrected chi connectivity index (χ0v) is 11.2. The van der Waals surface area contributed by atoms with E-state index in [1.165, 1.54) is 31.6 Å². The Balaban J connectivity index is 1.84. The number of carbonyl (C=O) groups excluding carboxylic acids is 1. The van der Waals surface area contributed by atoms with Crippen LogP contribution in [-0.2, 0) is 4.74 Å². The molecule has 1 aromatic heterocycles. The largest absolute Gasteiger partial charge is 0.463 e. The van der Waals surface area contributed by atoms with Crippen LogP contribution in [-0.4, -0.2) is 18.2 Å². The smallest absolute Gasteiger partial charge is 0.373 e. The third-order valence-electron chi connectivity index (χ3n) is 3.56. The van der Waals surface area contributed by atoms with Gasteiger partial charge in [-0.25, -0.2) is 4.79 Å². The lowest BCUT2D eigenvalue weighted by molar-refractivity contribution is 0.0558. The molecule has 1 heterocycles. The summed E-state index contributed by atoms with van der Waals surface area (Å²) < 4.78 is 9.92. The molecule has 1 N–H and O–H groups in total. The maximum absolute atomic E-state index is 11.3. The summed E-state index contributed by atoms with van der Waals surface area (Å²) in [7, 11) is 1.29. The lowest BCUT2D eigenvalue weighted by Gasteiger charge is -2.09. The van der Waals surface area contributed by atoms with Crippen LogP contribution in [0.3, 0.4) is 0 Å². The third kappa shape index (κ3) is 2.47. The van der Waals surface area contributed by atoms with Gasteiger partial charge in [-0.1, -0.05) is 24.3 Å². The van der Waals surface area contributed by atoms with Gasteiger partial charge in [0, 0.05) is 0 Å². The summed E-state index contributed by atoms with van der Waals surface area (Å²) in [6, 6.07) is 11.0. The molecule has 1 aliphatic rings. The second-order valence-corrected chi connectivity index (χ2v) is 5.04. The van der Waals surface area contributed by atoms with Gasteiger partial charge in [-0.3, -0.25) is 0 Å². The van der Waals surface area contributed by atoms with Gasteiger partial charge in [0.25, 0.3) is 0 Å². The van der Waals surface area contributed by atoms with E-state index in [4.69, 9.17) is 4.42 Å². The Morgan fingerprint density at radius 2 is 2.15 bits per heavy atom. The molecule has 1 aromatic carbocycles. The van der Waals surface area contributed by atoms with Crippen LogP contribution in [0.1, 0.15) is 52.3 Å². The molecule has 1 fully saturated rings. The number of rotatable bonds is 4. The van der Waals surface area contributed by atoms with Crippen molar-refractivity contribution < 1.29 is 19.1 Å². The first-order valence-electron chi connectivity index (χ1n) is 6.65. The molecule has 4 nitrogen and oxygen atoms in total. The zero-order valence-electron chi connectivity index (χ0n) is 11.2. The highest BCUT2D eigenvalue weighted by atomic mass is 16.5. The van der Waals surface area contributed by atoms with Crippen LogP contribution in [0.25, 0.3) is 0 Å². The van der Waals surface area contributed by atoms with Crippen molar-refractivity contribution in [2.24, 2.45) is 0 Å². The molecule has 104 valence electrons. The number of aliphatic hydroxyl groups is 1. The summed E-state index contributed by atoms with van der Waals surface area (Å²) in [5.74, 6) is 0.526. The summed E-state index contributed by atoms with van der Waals surface area (Å²) >= 11 is 0. The van der Waals surface area contributed by atoms with E-state index in [9.17, 15) is 9.90 Å². The molecule has 1 atom stereocenters. The Hall–Kier alpha value is -2.07. The number of aliphatic hydroxyl groups excluding tert-OH is 1. The van der Waals surface area contributed by atoms with Crippen molar-refractivity contribution in [3.8, 4) is 0 Å². The van der Waals surface area contributed by atoms with Crippen molar-refractivity contribution in [2.75, 3.05) is 7.11 Å². The van der Waals surface area contributed by atoms with Gasteiger partial charge in [0.2, 0.25) is 5.76 Å². The van der Waals surface area contributed by atoms with Gasteiger partial charge in [0.1, 0.15) is 11.9 Å². The van der Waals surface area contributed by atoms with Crippen LogP contribution < -0.4 is 0 Å². The first-order valence-corrected chi connectivity index (χ1v) is 6.65. The predicted molar refractivity (Wildman–Crippen MR) is 72.5 cm³/mol. The molecule has 0 saturated heterocycles. The third-order valence-corrected chi connectivity index (χ3v) is 3.56. The minimum atomic E-state index is -0.868. The lowest BCUT2D eigenvalue weighted by Crippen LogP contribution is -2.00. The number of methoxy groups -OCH3 is 1. The summed E-state index contributed by atoms with van der Waals surface area (Å²) in [6.07, 6.45) is 1.56. The number of hydrogen-bond acceptors (Lipinski definition) is 4. The molecule has 0 spiro atoms. The molecule has 3 rings (SSSR count). The molecular weight excluding hydrogens is 256 g/mol. The van der Waals surface area contributed by atoms with Crippen molar-refractivity contribution >= 4 is 5.97 Å². The van der Waals surface area contributed by atoms with Crippen molar-refractivity contribution in [1.29, 1.82) is 0 Å². The van der Waals surface area contributed by atoms with Crippen LogP contribution >= 0.6 is 0 Å². The molecule has 0 radical (unpaired) electrons. The molecule has 0 amide bonds. The Morgan fingerprint density at radius 1 is 1.35 bits per heavy atom. The first-order chi connectivity index (χ1) is 9.69. The van der Waals surface area contributed by atoms with E-state index >= 15 is 0 Å². The van der Waals surface area contributed by atoms with Gasteiger partial charge >= 0.3 is 5.97 Å². The fourth-order valence-electron chi connectivity index (χ4n) is 2.27. The minimum Gasteiger partial charge on any atom is -0.463 e. The van der Waals surface area contributed by atoms with Gasteiger partial charge < -0.3 is 14.3 Å². The highest BCUT2D eigenvalue weighted by molar-refractivity contribution is 5.86. The monoisotopic (exact) mass is 272 g/mol. The van der Waals surface area contributed by atoms with Crippen molar-refractivity contribution in [3.63, 3.8) is 0 Å². The number of esters is 1. The standard InChI is InChI=1S/C16H16O4/c1-19-16(18)14-8-7-13(20-14)15(17)12-4-2-3-11(9-12)10-5-6-10/h2-4,7-10,15,17H,5-6H2,1H3. The van der Waals surface area contributed by atoms with Crippen LogP contribution in [0.4, 0.5) is 0 Å². The Morgan fingerprint density at radius 3 is 2.85 bits per heavy atom. The normalized spacial score (nSPS) is 15.9. The maximum atomic E-state index is 11.3.